The number of hydrogen-bond donors (Lipinski definition) is 0. The molecule has 72 valence electrons. The summed E-state index contributed by atoms with van der Waals surface area (Å²) in [6.07, 6.45) is 3.89. The lowest BCUT2D eigenvalue weighted by molar-refractivity contribution is -0.109. The van der Waals surface area contributed by atoms with Crippen LogP contribution in [-0.4, -0.2) is 19.0 Å². The highest BCUT2D eigenvalue weighted by molar-refractivity contribution is 5.49. The van der Waals surface area contributed by atoms with Crippen LogP contribution < -0.4 is 0 Å². The van der Waals surface area contributed by atoms with E-state index in [0.29, 0.717) is 12.3 Å². The largest absolute Gasteiger partial charge is 0.378 e. The molecule has 0 radical (unpaired) electrons. The highest BCUT2D eigenvalue weighted by atomic mass is 16.5. The van der Waals surface area contributed by atoms with Gasteiger partial charge in [0.2, 0.25) is 0 Å². The average Bonchev–Trinajstić information content (AvgIpc) is 2.06. The first-order chi connectivity index (χ1) is 5.76. The minimum atomic E-state index is 0.259. The van der Waals surface area contributed by atoms with Crippen LogP contribution in [0.2, 0.25) is 0 Å². The number of ether oxygens (including phenoxy) is 1. The molecule has 0 amide bonds. The van der Waals surface area contributed by atoms with Crippen LogP contribution in [0.5, 0.6) is 0 Å². The van der Waals surface area contributed by atoms with Gasteiger partial charge in [-0.25, -0.2) is 0 Å². The summed E-state index contributed by atoms with van der Waals surface area (Å²) in [5.74, 6) is 0.360. The van der Waals surface area contributed by atoms with Gasteiger partial charge in [0.1, 0.15) is 6.29 Å². The first-order valence-electron chi connectivity index (χ1n) is 4.81. The van der Waals surface area contributed by atoms with Crippen LogP contribution in [0.1, 0.15) is 40.0 Å². The molecule has 2 nitrogen and oxygen atoms in total. The molecule has 0 fully saturated rings. The van der Waals surface area contributed by atoms with E-state index in [9.17, 15) is 4.79 Å². The molecule has 0 saturated carbocycles. The smallest absolute Gasteiger partial charge is 0.120 e. The summed E-state index contributed by atoms with van der Waals surface area (Å²) in [6, 6.07) is 0. The Balaban J connectivity index is 3.69. The molecule has 0 rings (SSSR count). The van der Waals surface area contributed by atoms with Gasteiger partial charge in [-0.3, -0.25) is 0 Å². The van der Waals surface area contributed by atoms with Crippen LogP contribution in [0, 0.1) is 5.92 Å². The van der Waals surface area contributed by atoms with Gasteiger partial charge in [-0.05, 0) is 18.8 Å². The SMILES string of the molecule is CCCOC(CC)C(C)CC=O. The van der Waals surface area contributed by atoms with Gasteiger partial charge in [0.05, 0.1) is 6.10 Å². The van der Waals surface area contributed by atoms with Crippen LogP contribution in [0.15, 0.2) is 0 Å². The van der Waals surface area contributed by atoms with Crippen molar-refractivity contribution < 1.29 is 9.53 Å². The van der Waals surface area contributed by atoms with Gasteiger partial charge in [-0.15, -0.1) is 0 Å². The van der Waals surface area contributed by atoms with Crippen LogP contribution in [0.4, 0.5) is 0 Å². The van der Waals surface area contributed by atoms with Crippen molar-refractivity contribution in [3.63, 3.8) is 0 Å². The van der Waals surface area contributed by atoms with E-state index in [-0.39, 0.29) is 6.10 Å². The second kappa shape index (κ2) is 7.29. The van der Waals surface area contributed by atoms with E-state index in [1.54, 1.807) is 0 Å². The maximum atomic E-state index is 10.3. The third-order valence-corrected chi connectivity index (χ3v) is 2.04. The van der Waals surface area contributed by atoms with E-state index in [1.807, 2.05) is 0 Å². The number of carbonyl (C=O) groups is 1. The fraction of sp³-hybridized carbons (Fsp3) is 0.900. The third kappa shape index (κ3) is 4.50. The van der Waals surface area contributed by atoms with Crippen molar-refractivity contribution in [1.29, 1.82) is 0 Å². The van der Waals surface area contributed by atoms with E-state index in [0.717, 1.165) is 25.7 Å². The predicted molar refractivity (Wildman–Crippen MR) is 50.2 cm³/mol. The summed E-state index contributed by atoms with van der Waals surface area (Å²) < 4.78 is 5.60. The third-order valence-electron chi connectivity index (χ3n) is 2.04. The normalized spacial score (nSPS) is 15.6. The van der Waals surface area contributed by atoms with Crippen LogP contribution in [-0.2, 0) is 9.53 Å². The zero-order valence-corrected chi connectivity index (χ0v) is 8.38. The van der Waals surface area contributed by atoms with Gasteiger partial charge in [-0.2, -0.15) is 0 Å². The Morgan fingerprint density at radius 2 is 2.08 bits per heavy atom. The molecule has 12 heavy (non-hydrogen) atoms. The molecular weight excluding hydrogens is 152 g/mol. The highest BCUT2D eigenvalue weighted by Gasteiger charge is 2.14. The maximum Gasteiger partial charge on any atom is 0.120 e. The van der Waals surface area contributed by atoms with Gasteiger partial charge in [0.15, 0.2) is 0 Å². The van der Waals surface area contributed by atoms with Crippen molar-refractivity contribution in [3.05, 3.63) is 0 Å². The van der Waals surface area contributed by atoms with Crippen molar-refractivity contribution >= 4 is 6.29 Å². The van der Waals surface area contributed by atoms with Crippen LogP contribution >= 0.6 is 0 Å². The molecule has 0 saturated heterocycles. The molecule has 2 heteroatoms. The fourth-order valence-electron chi connectivity index (χ4n) is 1.26. The molecule has 0 aliphatic carbocycles. The molecule has 2 unspecified atom stereocenters. The quantitative estimate of drug-likeness (QED) is 0.551. The first kappa shape index (κ1) is 11.6. The van der Waals surface area contributed by atoms with Crippen molar-refractivity contribution in [1.82, 2.24) is 0 Å². The second-order valence-corrected chi connectivity index (χ2v) is 3.20. The molecule has 0 aliphatic rings. The average molecular weight is 172 g/mol. The Hall–Kier alpha value is -0.370. The standard InChI is InChI=1S/C10H20O2/c1-4-8-12-10(5-2)9(3)6-7-11/h7,9-10H,4-6,8H2,1-3H3. The fourth-order valence-corrected chi connectivity index (χ4v) is 1.26. The molecule has 0 bridgehead atoms. The number of rotatable bonds is 7. The molecule has 0 heterocycles. The van der Waals surface area contributed by atoms with E-state index < -0.39 is 0 Å². The Bertz CT molecular complexity index is 112. The summed E-state index contributed by atoms with van der Waals surface area (Å²) >= 11 is 0. The van der Waals surface area contributed by atoms with Gasteiger partial charge in [0.25, 0.3) is 0 Å². The predicted octanol–water partition coefficient (Wildman–Crippen LogP) is 2.42. The summed E-state index contributed by atoms with van der Waals surface area (Å²) in [7, 11) is 0. The Morgan fingerprint density at radius 1 is 1.42 bits per heavy atom. The van der Waals surface area contributed by atoms with Gasteiger partial charge >= 0.3 is 0 Å². The molecule has 0 aliphatic heterocycles. The number of aldehydes is 1. The monoisotopic (exact) mass is 172 g/mol. The summed E-state index contributed by atoms with van der Waals surface area (Å²) in [5.41, 5.74) is 0. The molecule has 0 spiro atoms. The minimum Gasteiger partial charge on any atom is -0.378 e. The highest BCUT2D eigenvalue weighted by Crippen LogP contribution is 2.13. The van der Waals surface area contributed by atoms with E-state index in [2.05, 4.69) is 20.8 Å². The molecular formula is C10H20O2. The van der Waals surface area contributed by atoms with Crippen LogP contribution in [0.25, 0.3) is 0 Å². The molecule has 0 aromatic heterocycles. The van der Waals surface area contributed by atoms with E-state index in [1.165, 1.54) is 0 Å². The molecule has 0 aromatic carbocycles. The molecule has 0 N–H and O–H groups in total. The van der Waals surface area contributed by atoms with E-state index >= 15 is 0 Å². The lowest BCUT2D eigenvalue weighted by Gasteiger charge is -2.21. The van der Waals surface area contributed by atoms with Gasteiger partial charge < -0.3 is 9.53 Å². The lowest BCUT2D eigenvalue weighted by Crippen LogP contribution is -2.21. The summed E-state index contributed by atoms with van der Waals surface area (Å²) in [6.45, 7) is 7.07. The summed E-state index contributed by atoms with van der Waals surface area (Å²) in [5, 5.41) is 0. The van der Waals surface area contributed by atoms with Crippen LogP contribution in [0.3, 0.4) is 0 Å². The molecule has 2 atom stereocenters. The zero-order chi connectivity index (χ0) is 9.40. The number of hydrogen-bond acceptors (Lipinski definition) is 2. The topological polar surface area (TPSA) is 26.3 Å². The maximum absolute atomic E-state index is 10.3. The van der Waals surface area contributed by atoms with Crippen molar-refractivity contribution in [2.24, 2.45) is 5.92 Å². The van der Waals surface area contributed by atoms with E-state index in [4.69, 9.17) is 4.74 Å². The Labute approximate surface area is 75.3 Å². The molecule has 0 aromatic rings. The number of carbonyl (C=O) groups excluding carboxylic acids is 1. The Morgan fingerprint density at radius 3 is 2.50 bits per heavy atom. The second-order valence-electron chi connectivity index (χ2n) is 3.20. The Kier molecular flexibility index (Phi) is 7.06. The van der Waals surface area contributed by atoms with Gasteiger partial charge in [-0.1, -0.05) is 20.8 Å². The summed E-state index contributed by atoms with van der Waals surface area (Å²) in [4.78, 5) is 10.3. The minimum absolute atomic E-state index is 0.259. The van der Waals surface area contributed by atoms with Crippen molar-refractivity contribution in [2.75, 3.05) is 6.61 Å². The van der Waals surface area contributed by atoms with Crippen molar-refractivity contribution in [3.8, 4) is 0 Å². The van der Waals surface area contributed by atoms with Gasteiger partial charge in [0, 0.05) is 13.0 Å². The lowest BCUT2D eigenvalue weighted by atomic mass is 9.99. The zero-order valence-electron chi connectivity index (χ0n) is 8.38. The van der Waals surface area contributed by atoms with Crippen molar-refractivity contribution in [2.45, 2.75) is 46.1 Å². The first-order valence-corrected chi connectivity index (χ1v) is 4.81.